The Kier molecular flexibility index (Phi) is 6.56. The lowest BCUT2D eigenvalue weighted by molar-refractivity contribution is 0.0352. The van der Waals surface area contributed by atoms with Crippen LogP contribution in [0.2, 0.25) is 0 Å². The number of benzene rings is 2. The summed E-state index contributed by atoms with van der Waals surface area (Å²) in [7, 11) is 1.58. The molecule has 3 heterocycles. The lowest BCUT2D eigenvalue weighted by Gasteiger charge is -2.39. The molecule has 0 saturated heterocycles. The van der Waals surface area contributed by atoms with Crippen LogP contribution in [0.3, 0.4) is 0 Å². The Morgan fingerprint density at radius 3 is 2.70 bits per heavy atom. The highest BCUT2D eigenvalue weighted by molar-refractivity contribution is 9.10. The van der Waals surface area contributed by atoms with Gasteiger partial charge in [0.25, 0.3) is 11.5 Å². The molecule has 11 heteroatoms. The zero-order valence-electron chi connectivity index (χ0n) is 21.9. The third-order valence-corrected chi connectivity index (χ3v) is 8.77. The minimum Gasteiger partial charge on any atom is -0.487 e. The second-order valence-electron chi connectivity index (χ2n) is 10.5. The normalized spacial score (nSPS) is 17.5. The van der Waals surface area contributed by atoms with Gasteiger partial charge in [-0.15, -0.1) is 5.10 Å². The zero-order valence-corrected chi connectivity index (χ0v) is 23.5. The van der Waals surface area contributed by atoms with Crippen LogP contribution in [0.1, 0.15) is 59.8 Å². The number of aromatic nitrogens is 4. The van der Waals surface area contributed by atoms with Gasteiger partial charge in [0, 0.05) is 40.4 Å². The third kappa shape index (κ3) is 4.61. The Morgan fingerprint density at radius 2 is 1.93 bits per heavy atom. The average molecular weight is 610 g/mol. The highest BCUT2D eigenvalue weighted by Gasteiger charge is 2.44. The molecule has 2 aromatic carbocycles. The Bertz CT molecular complexity index is 1710. The van der Waals surface area contributed by atoms with E-state index in [4.69, 9.17) is 4.74 Å². The Hall–Kier alpha value is -3.86. The van der Waals surface area contributed by atoms with Crippen molar-refractivity contribution in [2.75, 3.05) is 5.32 Å². The van der Waals surface area contributed by atoms with Crippen LogP contribution in [-0.2, 0) is 7.05 Å². The van der Waals surface area contributed by atoms with Gasteiger partial charge in [-0.3, -0.25) is 9.59 Å². The molecule has 6 rings (SSSR count). The molecular weight excluding hydrogens is 584 g/mol. The summed E-state index contributed by atoms with van der Waals surface area (Å²) in [6.45, 7) is 1.76. The van der Waals surface area contributed by atoms with Crippen molar-refractivity contribution < 1.29 is 18.3 Å². The van der Waals surface area contributed by atoms with Gasteiger partial charge in [0.15, 0.2) is 0 Å². The number of ether oxygens (including phenoxy) is 1. The summed E-state index contributed by atoms with van der Waals surface area (Å²) in [4.78, 5) is 25.6. The van der Waals surface area contributed by atoms with E-state index in [1.54, 1.807) is 30.9 Å². The van der Waals surface area contributed by atoms with E-state index in [0.29, 0.717) is 27.9 Å². The van der Waals surface area contributed by atoms with Crippen LogP contribution < -0.4 is 15.6 Å². The summed E-state index contributed by atoms with van der Waals surface area (Å²) in [5.74, 6) is -0.920. The summed E-state index contributed by atoms with van der Waals surface area (Å²) >= 11 is 3.37. The quantitative estimate of drug-likeness (QED) is 0.310. The molecule has 2 aromatic heterocycles. The van der Waals surface area contributed by atoms with Crippen molar-refractivity contribution in [1.29, 1.82) is 0 Å². The van der Waals surface area contributed by atoms with Gasteiger partial charge in [-0.25, -0.2) is 13.5 Å². The highest BCUT2D eigenvalue weighted by Crippen LogP contribution is 2.48. The van der Waals surface area contributed by atoms with E-state index >= 15 is 0 Å². The van der Waals surface area contributed by atoms with E-state index < -0.39 is 17.3 Å². The number of fused-ring (bicyclic) bond motifs is 1. The van der Waals surface area contributed by atoms with Gasteiger partial charge in [-0.1, -0.05) is 5.21 Å². The molecular formula is C29H26BrF2N5O3. The molecule has 8 nitrogen and oxygen atoms in total. The summed E-state index contributed by atoms with van der Waals surface area (Å²) in [5, 5.41) is 11.2. The molecule has 2 aliphatic rings. The van der Waals surface area contributed by atoms with Gasteiger partial charge < -0.3 is 14.6 Å². The average Bonchev–Trinajstić information content (AvgIpc) is 3.60. The van der Waals surface area contributed by atoms with E-state index in [-0.39, 0.29) is 40.0 Å². The SMILES string of the molecule is Cc1c(Br)cc(C(=O)Nc2ccc(F)c(-c3cn([C@@H]4CC5(CCCC5)Oc5ccc(F)cc54)nn3)c2)c(=O)n1C. The molecule has 4 aromatic rings. The summed E-state index contributed by atoms with van der Waals surface area (Å²) in [6.07, 6.45) is 6.15. The fraction of sp³-hybridized carbons (Fsp3) is 0.310. The van der Waals surface area contributed by atoms with Crippen LogP contribution in [0, 0.1) is 18.6 Å². The lowest BCUT2D eigenvalue weighted by Crippen LogP contribution is -2.40. The van der Waals surface area contributed by atoms with Crippen molar-refractivity contribution >= 4 is 27.5 Å². The fourth-order valence-corrected chi connectivity index (χ4v) is 6.17. The third-order valence-electron chi connectivity index (χ3n) is 7.97. The predicted octanol–water partition coefficient (Wildman–Crippen LogP) is 5.93. The zero-order chi connectivity index (χ0) is 28.2. The van der Waals surface area contributed by atoms with Gasteiger partial charge in [0.1, 0.15) is 34.2 Å². The van der Waals surface area contributed by atoms with Gasteiger partial charge >= 0.3 is 0 Å². The first-order chi connectivity index (χ1) is 19.1. The molecule has 0 unspecified atom stereocenters. The first-order valence-corrected chi connectivity index (χ1v) is 13.8. The number of hydrogen-bond acceptors (Lipinski definition) is 5. The number of carbonyl (C=O) groups is 1. The van der Waals surface area contributed by atoms with E-state index in [1.807, 2.05) is 0 Å². The number of amides is 1. The summed E-state index contributed by atoms with van der Waals surface area (Å²) < 4.78 is 39.2. The first-order valence-electron chi connectivity index (χ1n) is 13.0. The topological polar surface area (TPSA) is 91.0 Å². The predicted molar refractivity (Wildman–Crippen MR) is 148 cm³/mol. The van der Waals surface area contributed by atoms with Crippen molar-refractivity contribution in [3.05, 3.63) is 91.9 Å². The molecule has 40 heavy (non-hydrogen) atoms. The molecule has 1 aliphatic carbocycles. The van der Waals surface area contributed by atoms with Gasteiger partial charge in [-0.2, -0.15) is 0 Å². The second-order valence-corrected chi connectivity index (χ2v) is 11.3. The smallest absolute Gasteiger partial charge is 0.263 e. The second kappa shape index (κ2) is 9.96. The molecule has 0 bridgehead atoms. The maximum Gasteiger partial charge on any atom is 0.263 e. The maximum absolute atomic E-state index is 15.0. The fourth-order valence-electron chi connectivity index (χ4n) is 5.67. The number of anilines is 1. The Morgan fingerprint density at radius 1 is 1.15 bits per heavy atom. The van der Waals surface area contributed by atoms with Crippen molar-refractivity contribution in [2.45, 2.75) is 50.7 Å². The number of halogens is 3. The molecule has 1 spiro atoms. The molecule has 206 valence electrons. The van der Waals surface area contributed by atoms with E-state index in [1.165, 1.54) is 41.0 Å². The monoisotopic (exact) mass is 609 g/mol. The molecule has 1 saturated carbocycles. The van der Waals surface area contributed by atoms with Crippen LogP contribution >= 0.6 is 15.9 Å². The Labute approximate surface area is 237 Å². The van der Waals surface area contributed by atoms with Gasteiger partial charge in [-0.05, 0) is 91.0 Å². The summed E-state index contributed by atoms with van der Waals surface area (Å²) in [5.41, 5.74) is 1.18. The molecule has 1 aliphatic heterocycles. The minimum absolute atomic E-state index is 0.0527. The van der Waals surface area contributed by atoms with Crippen LogP contribution in [-0.4, -0.2) is 31.1 Å². The molecule has 1 atom stereocenters. The Balaban J connectivity index is 1.31. The lowest BCUT2D eigenvalue weighted by atomic mass is 9.86. The minimum atomic E-state index is -0.620. The molecule has 0 radical (unpaired) electrons. The number of nitrogens with one attached hydrogen (secondary N) is 1. The molecule has 1 fully saturated rings. The highest BCUT2D eigenvalue weighted by atomic mass is 79.9. The van der Waals surface area contributed by atoms with Gasteiger partial charge in [0.05, 0.1) is 12.2 Å². The number of rotatable bonds is 4. The number of carbonyl (C=O) groups excluding carboxylic acids is 1. The van der Waals surface area contributed by atoms with Gasteiger partial charge in [0.2, 0.25) is 0 Å². The maximum atomic E-state index is 15.0. The van der Waals surface area contributed by atoms with E-state index in [0.717, 1.165) is 25.7 Å². The van der Waals surface area contributed by atoms with Crippen molar-refractivity contribution in [3.63, 3.8) is 0 Å². The van der Waals surface area contributed by atoms with Crippen molar-refractivity contribution in [1.82, 2.24) is 19.6 Å². The van der Waals surface area contributed by atoms with Crippen molar-refractivity contribution in [3.8, 4) is 17.0 Å². The number of hydrogen-bond donors (Lipinski definition) is 1. The van der Waals surface area contributed by atoms with Crippen LogP contribution in [0.5, 0.6) is 5.75 Å². The number of nitrogens with zero attached hydrogens (tertiary/aromatic N) is 4. The van der Waals surface area contributed by atoms with Crippen molar-refractivity contribution in [2.24, 2.45) is 7.05 Å². The number of pyridine rings is 1. The van der Waals surface area contributed by atoms with Crippen LogP contribution in [0.4, 0.5) is 14.5 Å². The largest absolute Gasteiger partial charge is 0.487 e. The van der Waals surface area contributed by atoms with E-state index in [9.17, 15) is 18.4 Å². The van der Waals surface area contributed by atoms with Crippen LogP contribution in [0.25, 0.3) is 11.3 Å². The molecule has 1 N–H and O–H groups in total. The van der Waals surface area contributed by atoms with E-state index in [2.05, 4.69) is 31.6 Å². The standard InChI is InChI=1S/C29H26BrF2N5O3/c1-16-22(30)13-21(28(39)36(16)2)27(38)33-18-6-7-23(32)19(12-18)24-15-37(35-34-24)25-14-29(9-3-4-10-29)40-26-8-5-17(31)11-20(25)26/h5-8,11-13,15,25H,3-4,9-10,14H2,1-2H3,(H,33,38)/t25-/m1/s1. The first kappa shape index (κ1) is 26.4. The molecule has 1 amide bonds. The van der Waals surface area contributed by atoms with Crippen LogP contribution in [0.15, 0.2) is 57.9 Å². The summed E-state index contributed by atoms with van der Waals surface area (Å²) in [6, 6.07) is 9.71.